The van der Waals surface area contributed by atoms with Crippen molar-refractivity contribution in [2.45, 2.75) is 58.9 Å². The Morgan fingerprint density at radius 1 is 1.05 bits per heavy atom. The van der Waals surface area contributed by atoms with Gasteiger partial charge in [-0.05, 0) is 80.9 Å². The van der Waals surface area contributed by atoms with Crippen LogP contribution in [0.25, 0.3) is 0 Å². The Balaban J connectivity index is 1.78. The number of likely N-dealkylation sites (N-methyl/N-ethyl adjacent to an activating group) is 1. The first kappa shape index (κ1) is 32.7. The van der Waals surface area contributed by atoms with Crippen LogP contribution in [0.15, 0.2) is 59.6 Å². The lowest BCUT2D eigenvalue weighted by atomic mass is 9.80. The molecule has 0 aliphatic heterocycles. The summed E-state index contributed by atoms with van der Waals surface area (Å²) in [5.74, 6) is 1.03. The maximum absolute atomic E-state index is 13.7. The van der Waals surface area contributed by atoms with E-state index >= 15 is 0 Å². The lowest BCUT2D eigenvalue weighted by Gasteiger charge is -2.38. The van der Waals surface area contributed by atoms with Crippen LogP contribution in [0, 0.1) is 11.3 Å². The highest BCUT2D eigenvalue weighted by Gasteiger charge is 2.39. The molecule has 1 amide bonds. The van der Waals surface area contributed by atoms with Gasteiger partial charge in [-0.3, -0.25) is 9.69 Å². The lowest BCUT2D eigenvalue weighted by Crippen LogP contribution is -2.52. The summed E-state index contributed by atoms with van der Waals surface area (Å²) >= 11 is 0. The molecule has 40 heavy (non-hydrogen) atoms. The molecule has 2 aromatic carbocycles. The van der Waals surface area contributed by atoms with E-state index in [0.29, 0.717) is 43.2 Å². The summed E-state index contributed by atoms with van der Waals surface area (Å²) in [6.45, 7) is 9.53. The minimum absolute atomic E-state index is 0.0720. The molecular formula is C32H45N3O5. The molecule has 2 atom stereocenters. The van der Waals surface area contributed by atoms with Crippen molar-refractivity contribution in [2.75, 3.05) is 40.4 Å². The van der Waals surface area contributed by atoms with Crippen LogP contribution in [0.2, 0.25) is 0 Å². The topological polar surface area (TPSA) is 97.3 Å². The van der Waals surface area contributed by atoms with Gasteiger partial charge < -0.3 is 14.8 Å². The number of ketones is 1. The number of benzene rings is 2. The molecular weight excluding hydrogens is 506 g/mol. The van der Waals surface area contributed by atoms with Gasteiger partial charge in [-0.25, -0.2) is 14.6 Å². The number of nitrogens with one attached hydrogen (secondary N) is 1. The smallest absolute Gasteiger partial charge is 0.407 e. The molecule has 8 heteroatoms. The van der Waals surface area contributed by atoms with E-state index in [2.05, 4.69) is 43.2 Å². The van der Waals surface area contributed by atoms with Crippen molar-refractivity contribution in [3.05, 3.63) is 65.7 Å². The zero-order chi connectivity index (χ0) is 29.6. The highest BCUT2D eigenvalue weighted by atomic mass is 16.6. The van der Waals surface area contributed by atoms with Gasteiger partial charge in [0.15, 0.2) is 5.78 Å². The van der Waals surface area contributed by atoms with Crippen molar-refractivity contribution < 1.29 is 23.9 Å². The van der Waals surface area contributed by atoms with Crippen LogP contribution in [0.1, 0.15) is 62.9 Å². The minimum Gasteiger partial charge on any atom is -0.490 e. The zero-order valence-electron chi connectivity index (χ0n) is 24.9. The summed E-state index contributed by atoms with van der Waals surface area (Å²) in [6.07, 6.45) is 4.09. The number of hydrogen-bond donors (Lipinski definition) is 1. The van der Waals surface area contributed by atoms with E-state index in [0.717, 1.165) is 18.4 Å². The van der Waals surface area contributed by atoms with Gasteiger partial charge in [0.25, 0.3) is 0 Å². The second-order valence-electron chi connectivity index (χ2n) is 11.4. The van der Waals surface area contributed by atoms with Gasteiger partial charge in [0.05, 0.1) is 12.1 Å². The molecule has 0 saturated heterocycles. The Hall–Kier alpha value is -3.48. The molecule has 218 valence electrons. The number of ether oxygens (including phenoxy) is 2. The molecule has 0 radical (unpaired) electrons. The highest BCUT2D eigenvalue weighted by Crippen LogP contribution is 2.29. The number of carbonyl (C=O) groups excluding carboxylic acids is 3. The third-order valence-corrected chi connectivity index (χ3v) is 7.28. The largest absolute Gasteiger partial charge is 0.490 e. The van der Waals surface area contributed by atoms with Crippen LogP contribution in [0.3, 0.4) is 0 Å². The SMILES string of the molecule is CCC(Cc1ccccc1)(C(=O)c1ccc(OCCOC(=O)NCCC(C)CC(C)(C)CN=C=O)cc1)N(C)C. The Kier molecular flexibility index (Phi) is 13.0. The lowest BCUT2D eigenvalue weighted by molar-refractivity contribution is 0.0666. The van der Waals surface area contributed by atoms with Crippen LogP contribution in [0.4, 0.5) is 4.79 Å². The van der Waals surface area contributed by atoms with Crippen molar-refractivity contribution in [2.24, 2.45) is 16.3 Å². The van der Waals surface area contributed by atoms with E-state index < -0.39 is 11.6 Å². The summed E-state index contributed by atoms with van der Waals surface area (Å²) in [5, 5.41) is 2.76. The van der Waals surface area contributed by atoms with Crippen molar-refractivity contribution in [3.8, 4) is 5.75 Å². The van der Waals surface area contributed by atoms with Crippen LogP contribution in [-0.2, 0) is 16.0 Å². The van der Waals surface area contributed by atoms with Crippen molar-refractivity contribution >= 4 is 18.0 Å². The molecule has 0 aliphatic carbocycles. The Morgan fingerprint density at radius 2 is 1.73 bits per heavy atom. The molecule has 8 nitrogen and oxygen atoms in total. The number of isocyanates is 1. The first-order valence-electron chi connectivity index (χ1n) is 14.0. The summed E-state index contributed by atoms with van der Waals surface area (Å²) in [6, 6.07) is 17.2. The number of rotatable bonds is 17. The number of alkyl carbamates (subject to hydrolysis) is 1. The predicted octanol–water partition coefficient (Wildman–Crippen LogP) is 5.71. The first-order valence-corrected chi connectivity index (χ1v) is 14.0. The molecule has 0 fully saturated rings. The maximum Gasteiger partial charge on any atom is 0.407 e. The Labute approximate surface area is 239 Å². The van der Waals surface area contributed by atoms with Crippen LogP contribution in [0.5, 0.6) is 5.75 Å². The standard InChI is InChI=1S/C32H45N3O5/c1-7-32(35(5)6,22-26-11-9-8-10-12-26)29(37)27-13-15-28(16-14-27)39-19-20-40-30(38)34-18-17-25(2)21-31(3,4)23-33-24-36/h8-16,25H,7,17-23H2,1-6H3,(H,34,38). The van der Waals surface area contributed by atoms with E-state index in [1.165, 1.54) is 0 Å². The number of Topliss-reactive ketones (excluding diaryl/α,β-unsaturated/α-hetero) is 1. The fourth-order valence-corrected chi connectivity index (χ4v) is 5.07. The summed E-state index contributed by atoms with van der Waals surface area (Å²) in [7, 11) is 3.90. The average Bonchev–Trinajstić information content (AvgIpc) is 2.93. The Morgan fingerprint density at radius 3 is 2.33 bits per heavy atom. The van der Waals surface area contributed by atoms with Crippen LogP contribution >= 0.6 is 0 Å². The second-order valence-corrected chi connectivity index (χ2v) is 11.4. The quantitative estimate of drug-likeness (QED) is 0.117. The predicted molar refractivity (Wildman–Crippen MR) is 158 cm³/mol. The van der Waals surface area contributed by atoms with Crippen molar-refractivity contribution in [1.82, 2.24) is 10.2 Å². The number of aliphatic imine (C=N–C) groups is 1. The summed E-state index contributed by atoms with van der Waals surface area (Å²) in [5.41, 5.74) is 1.01. The highest BCUT2D eigenvalue weighted by molar-refractivity contribution is 6.03. The molecule has 0 heterocycles. The van der Waals surface area contributed by atoms with Gasteiger partial charge in [-0.2, -0.15) is 0 Å². The fourth-order valence-electron chi connectivity index (χ4n) is 5.07. The normalized spacial score (nSPS) is 13.6. The number of amides is 1. The molecule has 0 aromatic heterocycles. The Bertz CT molecular complexity index is 1110. The second kappa shape index (κ2) is 15.9. The van der Waals surface area contributed by atoms with Crippen molar-refractivity contribution in [1.29, 1.82) is 0 Å². The van der Waals surface area contributed by atoms with Gasteiger partial charge >= 0.3 is 6.09 Å². The number of hydrogen-bond acceptors (Lipinski definition) is 7. The van der Waals surface area contributed by atoms with E-state index in [9.17, 15) is 14.4 Å². The molecule has 2 unspecified atom stereocenters. The molecule has 0 spiro atoms. The summed E-state index contributed by atoms with van der Waals surface area (Å²) < 4.78 is 10.9. The molecule has 2 aromatic rings. The van der Waals surface area contributed by atoms with Crippen LogP contribution in [-0.4, -0.2) is 68.8 Å². The monoisotopic (exact) mass is 551 g/mol. The van der Waals surface area contributed by atoms with Crippen LogP contribution < -0.4 is 10.1 Å². The number of nitrogens with zero attached hydrogens (tertiary/aromatic N) is 2. The maximum atomic E-state index is 13.7. The van der Waals surface area contributed by atoms with Crippen molar-refractivity contribution in [3.63, 3.8) is 0 Å². The third kappa shape index (κ3) is 10.2. The molecule has 0 bridgehead atoms. The number of carbonyl (C=O) groups is 2. The van der Waals surface area contributed by atoms with Gasteiger partial charge in [-0.15, -0.1) is 0 Å². The molecule has 0 saturated carbocycles. The van der Waals surface area contributed by atoms with Gasteiger partial charge in [0.2, 0.25) is 6.08 Å². The van der Waals surface area contributed by atoms with E-state index in [4.69, 9.17) is 9.47 Å². The minimum atomic E-state index is -0.649. The average molecular weight is 552 g/mol. The van der Waals surface area contributed by atoms with E-state index in [1.54, 1.807) is 30.3 Å². The van der Waals surface area contributed by atoms with Gasteiger partial charge in [0, 0.05) is 12.1 Å². The van der Waals surface area contributed by atoms with E-state index in [-0.39, 0.29) is 24.4 Å². The van der Waals surface area contributed by atoms with Gasteiger partial charge in [0.1, 0.15) is 19.0 Å². The summed E-state index contributed by atoms with van der Waals surface area (Å²) in [4.78, 5) is 41.7. The first-order chi connectivity index (χ1) is 19.0. The third-order valence-electron chi connectivity index (χ3n) is 7.28. The molecule has 2 rings (SSSR count). The molecule has 1 N–H and O–H groups in total. The molecule has 0 aliphatic rings. The zero-order valence-corrected chi connectivity index (χ0v) is 24.9. The van der Waals surface area contributed by atoms with Gasteiger partial charge in [-0.1, -0.05) is 58.0 Å². The fraction of sp³-hybridized carbons (Fsp3) is 0.531. The van der Waals surface area contributed by atoms with E-state index in [1.807, 2.05) is 44.1 Å².